The van der Waals surface area contributed by atoms with Crippen LogP contribution in [0, 0.1) is 17.6 Å². The zero-order valence-electron chi connectivity index (χ0n) is 11.4. The fourth-order valence-corrected chi connectivity index (χ4v) is 2.04. The van der Waals surface area contributed by atoms with Gasteiger partial charge in [0.15, 0.2) is 5.69 Å². The van der Waals surface area contributed by atoms with Gasteiger partial charge in [-0.15, -0.1) is 4.91 Å². The second kappa shape index (κ2) is 6.27. The highest BCUT2D eigenvalue weighted by molar-refractivity contribution is 5.94. The second-order valence-corrected chi connectivity index (χ2v) is 4.54. The first-order valence-electron chi connectivity index (χ1n) is 6.20. The third kappa shape index (κ3) is 2.77. The Bertz CT molecular complexity index is 719. The fraction of sp³-hybridized carbons (Fsp3) is 0.143. The number of halogens is 1. The van der Waals surface area contributed by atoms with Crippen LogP contribution in [0.3, 0.4) is 0 Å². The summed E-state index contributed by atoms with van der Waals surface area (Å²) in [6, 6.07) is 4.15. The third-order valence-electron chi connectivity index (χ3n) is 3.25. The van der Waals surface area contributed by atoms with Crippen LogP contribution in [0.2, 0.25) is 0 Å². The Morgan fingerprint density at radius 2 is 2.00 bits per heavy atom. The Hall–Kier alpha value is -2.87. The van der Waals surface area contributed by atoms with Gasteiger partial charge in [-0.1, -0.05) is 17.3 Å². The molecule has 1 heterocycles. The number of nitrogens with zero attached hydrogens (tertiary/aromatic N) is 2. The summed E-state index contributed by atoms with van der Waals surface area (Å²) in [6.07, 6.45) is 1.20. The van der Waals surface area contributed by atoms with Crippen LogP contribution in [0.15, 0.2) is 35.6 Å². The fourth-order valence-electron chi connectivity index (χ4n) is 2.04. The van der Waals surface area contributed by atoms with Gasteiger partial charge < -0.3 is 5.11 Å². The molecule has 1 aromatic heterocycles. The first-order chi connectivity index (χ1) is 10.5. The van der Waals surface area contributed by atoms with Gasteiger partial charge in [-0.25, -0.2) is 14.9 Å². The maximum atomic E-state index is 13.0. The van der Waals surface area contributed by atoms with Gasteiger partial charge in [0.1, 0.15) is 17.6 Å². The van der Waals surface area contributed by atoms with Gasteiger partial charge in [-0.3, -0.25) is 10.0 Å². The summed E-state index contributed by atoms with van der Waals surface area (Å²) < 4.78 is 13.0. The number of aromatic nitrogens is 1. The molecular formula is C14H12FN3O4. The van der Waals surface area contributed by atoms with E-state index in [4.69, 9.17) is 5.21 Å². The summed E-state index contributed by atoms with van der Waals surface area (Å²) >= 11 is 0. The van der Waals surface area contributed by atoms with Crippen molar-refractivity contribution in [1.82, 2.24) is 10.5 Å². The quantitative estimate of drug-likeness (QED) is 0.455. The maximum Gasteiger partial charge on any atom is 0.297 e. The Kier molecular flexibility index (Phi) is 4.42. The predicted molar refractivity (Wildman–Crippen MR) is 73.9 cm³/mol. The number of pyridine rings is 1. The number of amides is 1. The van der Waals surface area contributed by atoms with Gasteiger partial charge in [0.25, 0.3) is 5.91 Å². The van der Waals surface area contributed by atoms with E-state index >= 15 is 0 Å². The summed E-state index contributed by atoms with van der Waals surface area (Å²) in [5, 5.41) is 21.5. The standard InChI is InChI=1S/C14H12FN3O4/c1-7-10(6-16-12(13(7)19)14(20)18-22)11(17-21)8-2-4-9(15)5-3-8/h2-6,11,19,22H,1H3,(H,18,20). The minimum absolute atomic E-state index is 0.211. The van der Waals surface area contributed by atoms with Crippen molar-refractivity contribution in [2.75, 3.05) is 0 Å². The van der Waals surface area contributed by atoms with E-state index in [0.29, 0.717) is 5.56 Å². The number of hydrogen-bond donors (Lipinski definition) is 3. The van der Waals surface area contributed by atoms with Crippen LogP contribution in [-0.4, -0.2) is 21.2 Å². The number of carbonyl (C=O) groups excluding carboxylic acids is 1. The van der Waals surface area contributed by atoms with Crippen LogP contribution in [0.25, 0.3) is 0 Å². The van der Waals surface area contributed by atoms with Gasteiger partial charge in [-0.05, 0) is 24.6 Å². The Morgan fingerprint density at radius 1 is 1.36 bits per heavy atom. The molecule has 0 aliphatic heterocycles. The summed E-state index contributed by atoms with van der Waals surface area (Å²) in [6.45, 7) is 1.47. The van der Waals surface area contributed by atoms with Gasteiger partial charge in [0, 0.05) is 17.3 Å². The van der Waals surface area contributed by atoms with Crippen molar-refractivity contribution < 1.29 is 19.5 Å². The highest BCUT2D eigenvalue weighted by Gasteiger charge is 2.23. The molecule has 1 atom stereocenters. The van der Waals surface area contributed by atoms with Crippen LogP contribution in [0.1, 0.15) is 33.2 Å². The zero-order valence-corrected chi connectivity index (χ0v) is 11.4. The highest BCUT2D eigenvalue weighted by atomic mass is 19.1. The van der Waals surface area contributed by atoms with Crippen molar-refractivity contribution in [2.24, 2.45) is 5.18 Å². The van der Waals surface area contributed by atoms with E-state index in [-0.39, 0.29) is 16.8 Å². The lowest BCUT2D eigenvalue weighted by molar-refractivity contribution is 0.0697. The monoisotopic (exact) mass is 305 g/mol. The van der Waals surface area contributed by atoms with Crippen LogP contribution in [-0.2, 0) is 0 Å². The minimum atomic E-state index is -1.01. The second-order valence-electron chi connectivity index (χ2n) is 4.54. The molecule has 0 radical (unpaired) electrons. The number of benzene rings is 1. The Balaban J connectivity index is 2.51. The van der Waals surface area contributed by atoms with E-state index in [0.717, 1.165) is 0 Å². The van der Waals surface area contributed by atoms with E-state index in [1.165, 1.54) is 42.9 Å². The smallest absolute Gasteiger partial charge is 0.297 e. The van der Waals surface area contributed by atoms with Crippen LogP contribution < -0.4 is 5.48 Å². The van der Waals surface area contributed by atoms with E-state index < -0.39 is 23.5 Å². The lowest BCUT2D eigenvalue weighted by Crippen LogP contribution is -2.20. The molecule has 22 heavy (non-hydrogen) atoms. The van der Waals surface area contributed by atoms with Gasteiger partial charge in [0.05, 0.1) is 0 Å². The number of hydrogen-bond acceptors (Lipinski definition) is 6. The molecule has 3 N–H and O–H groups in total. The number of hydroxylamine groups is 1. The molecule has 2 rings (SSSR count). The number of aromatic hydroxyl groups is 1. The molecule has 0 fully saturated rings. The van der Waals surface area contributed by atoms with E-state index in [1.54, 1.807) is 0 Å². The Labute approximate surface area is 124 Å². The van der Waals surface area contributed by atoms with E-state index in [1.807, 2.05) is 0 Å². The molecular weight excluding hydrogens is 293 g/mol. The molecule has 7 nitrogen and oxygen atoms in total. The van der Waals surface area contributed by atoms with Crippen molar-refractivity contribution in [2.45, 2.75) is 13.0 Å². The van der Waals surface area contributed by atoms with Crippen molar-refractivity contribution in [3.05, 3.63) is 63.6 Å². The SMILES string of the molecule is Cc1c(C(N=O)c2ccc(F)cc2)cnc(C(=O)NO)c1O. The van der Waals surface area contributed by atoms with Gasteiger partial charge >= 0.3 is 0 Å². The molecule has 0 aliphatic rings. The predicted octanol–water partition coefficient (Wildman–Crippen LogP) is 2.21. The summed E-state index contributed by atoms with van der Waals surface area (Å²) in [7, 11) is 0. The van der Waals surface area contributed by atoms with Crippen LogP contribution in [0.5, 0.6) is 5.75 Å². The summed E-state index contributed by atoms with van der Waals surface area (Å²) in [5.74, 6) is -1.91. The lowest BCUT2D eigenvalue weighted by Gasteiger charge is -2.14. The minimum Gasteiger partial charge on any atom is -0.505 e. The lowest BCUT2D eigenvalue weighted by atomic mass is 9.96. The van der Waals surface area contributed by atoms with Crippen molar-refractivity contribution in [3.8, 4) is 5.75 Å². The number of carbonyl (C=O) groups is 1. The van der Waals surface area contributed by atoms with Crippen molar-refractivity contribution >= 4 is 5.91 Å². The summed E-state index contributed by atoms with van der Waals surface area (Å²) in [4.78, 5) is 26.2. The number of nitrogens with one attached hydrogen (secondary N) is 1. The molecule has 0 aliphatic carbocycles. The molecule has 8 heteroatoms. The van der Waals surface area contributed by atoms with Gasteiger partial charge in [0.2, 0.25) is 0 Å². The molecule has 1 aromatic carbocycles. The van der Waals surface area contributed by atoms with Crippen LogP contribution >= 0.6 is 0 Å². The number of rotatable bonds is 4. The van der Waals surface area contributed by atoms with E-state index in [2.05, 4.69) is 10.2 Å². The number of nitroso groups, excluding NO2 is 1. The van der Waals surface area contributed by atoms with Gasteiger partial charge in [-0.2, -0.15) is 0 Å². The van der Waals surface area contributed by atoms with Crippen molar-refractivity contribution in [3.63, 3.8) is 0 Å². The molecule has 1 amide bonds. The molecule has 0 saturated heterocycles. The molecule has 2 aromatic rings. The topological polar surface area (TPSA) is 112 Å². The highest BCUT2D eigenvalue weighted by Crippen LogP contribution is 2.33. The average Bonchev–Trinajstić information content (AvgIpc) is 2.53. The Morgan fingerprint density at radius 3 is 2.55 bits per heavy atom. The molecule has 1 unspecified atom stereocenters. The maximum absolute atomic E-state index is 13.0. The molecule has 0 bridgehead atoms. The normalized spacial score (nSPS) is 11.8. The zero-order chi connectivity index (χ0) is 16.3. The summed E-state index contributed by atoms with van der Waals surface area (Å²) in [5.41, 5.74) is 1.88. The molecule has 0 spiro atoms. The third-order valence-corrected chi connectivity index (χ3v) is 3.25. The molecule has 0 saturated carbocycles. The average molecular weight is 305 g/mol. The van der Waals surface area contributed by atoms with Crippen LogP contribution in [0.4, 0.5) is 4.39 Å². The van der Waals surface area contributed by atoms with Crippen molar-refractivity contribution in [1.29, 1.82) is 0 Å². The first-order valence-corrected chi connectivity index (χ1v) is 6.20. The largest absolute Gasteiger partial charge is 0.505 e. The van der Waals surface area contributed by atoms with E-state index in [9.17, 15) is 19.2 Å². The first kappa shape index (κ1) is 15.5. The molecule has 114 valence electrons.